The molecule has 0 N–H and O–H groups in total. The minimum atomic E-state index is -0.443. The summed E-state index contributed by atoms with van der Waals surface area (Å²) in [5, 5.41) is 10.9. The van der Waals surface area contributed by atoms with E-state index in [-0.39, 0.29) is 5.69 Å². The Morgan fingerprint density at radius 2 is 1.75 bits per heavy atom. The van der Waals surface area contributed by atoms with Crippen LogP contribution in [0.2, 0.25) is 0 Å². The van der Waals surface area contributed by atoms with Crippen LogP contribution in [0.4, 0.5) is 5.69 Å². The number of nitro benzene ring substituents is 1. The highest BCUT2D eigenvalue weighted by molar-refractivity contribution is 6.69. The molecule has 0 radical (unpaired) electrons. The Labute approximate surface area is 121 Å². The van der Waals surface area contributed by atoms with Crippen LogP contribution in [0.3, 0.4) is 0 Å². The minimum absolute atomic E-state index is 0.0387. The number of hydrogen-bond acceptors (Lipinski definition) is 3. The summed E-state index contributed by atoms with van der Waals surface area (Å²) >= 11 is 6.10. The average molecular weight is 289 g/mol. The van der Waals surface area contributed by atoms with Crippen LogP contribution in [0.25, 0.3) is 0 Å². The molecule has 2 aromatic rings. The smallest absolute Gasteiger partial charge is 0.268 e. The largest absolute Gasteiger partial charge is 0.269 e. The van der Waals surface area contributed by atoms with Crippen LogP contribution >= 0.6 is 11.6 Å². The first kappa shape index (κ1) is 14.2. The van der Waals surface area contributed by atoms with E-state index >= 15 is 0 Å². The molecule has 0 bridgehead atoms. The van der Waals surface area contributed by atoms with E-state index in [2.05, 4.69) is 4.99 Å². The predicted octanol–water partition coefficient (Wildman–Crippen LogP) is 4.09. The molecule has 0 saturated carbocycles. The normalized spacial score (nSPS) is 11.4. The lowest BCUT2D eigenvalue weighted by atomic mass is 10.1. The maximum Gasteiger partial charge on any atom is 0.269 e. The van der Waals surface area contributed by atoms with Gasteiger partial charge in [0.05, 0.1) is 11.5 Å². The topological polar surface area (TPSA) is 55.5 Å². The highest BCUT2D eigenvalue weighted by Gasteiger charge is 2.06. The van der Waals surface area contributed by atoms with E-state index in [0.717, 1.165) is 5.56 Å². The van der Waals surface area contributed by atoms with Gasteiger partial charge >= 0.3 is 0 Å². The summed E-state index contributed by atoms with van der Waals surface area (Å²) in [4.78, 5) is 14.4. The number of hydrogen-bond donors (Lipinski definition) is 0. The zero-order chi connectivity index (χ0) is 14.5. The number of aryl methyl sites for hydroxylation is 1. The number of aliphatic imine (C=N–C) groups is 1. The fourth-order valence-electron chi connectivity index (χ4n) is 1.67. The Morgan fingerprint density at radius 3 is 2.30 bits per heavy atom. The average Bonchev–Trinajstić information content (AvgIpc) is 2.46. The molecule has 2 aromatic carbocycles. The van der Waals surface area contributed by atoms with Crippen LogP contribution in [-0.2, 0) is 6.54 Å². The van der Waals surface area contributed by atoms with Crippen molar-refractivity contribution in [2.45, 2.75) is 13.5 Å². The van der Waals surface area contributed by atoms with Crippen LogP contribution in [0.5, 0.6) is 0 Å². The van der Waals surface area contributed by atoms with Crippen LogP contribution in [-0.4, -0.2) is 10.1 Å². The van der Waals surface area contributed by atoms with E-state index in [1.54, 1.807) is 12.1 Å². The first-order valence-electron chi connectivity index (χ1n) is 6.06. The van der Waals surface area contributed by atoms with Gasteiger partial charge in [0.1, 0.15) is 5.17 Å². The Balaban J connectivity index is 2.09. The van der Waals surface area contributed by atoms with Gasteiger partial charge in [0.15, 0.2) is 0 Å². The van der Waals surface area contributed by atoms with Crippen LogP contribution in [0.1, 0.15) is 16.7 Å². The van der Waals surface area contributed by atoms with Gasteiger partial charge in [-0.25, -0.2) is 0 Å². The lowest BCUT2D eigenvalue weighted by molar-refractivity contribution is -0.384. The van der Waals surface area contributed by atoms with Crippen molar-refractivity contribution in [1.82, 2.24) is 0 Å². The van der Waals surface area contributed by atoms with Gasteiger partial charge in [-0.1, -0.05) is 41.4 Å². The minimum Gasteiger partial charge on any atom is -0.268 e. The van der Waals surface area contributed by atoms with Crippen molar-refractivity contribution in [2.24, 2.45) is 4.99 Å². The highest BCUT2D eigenvalue weighted by Crippen LogP contribution is 2.14. The van der Waals surface area contributed by atoms with E-state index in [1.165, 1.54) is 17.7 Å². The van der Waals surface area contributed by atoms with Crippen molar-refractivity contribution in [3.8, 4) is 0 Å². The molecule has 102 valence electrons. The van der Waals surface area contributed by atoms with E-state index in [9.17, 15) is 10.1 Å². The van der Waals surface area contributed by atoms with Gasteiger partial charge in [0.2, 0.25) is 0 Å². The van der Waals surface area contributed by atoms with Gasteiger partial charge in [0, 0.05) is 17.7 Å². The van der Waals surface area contributed by atoms with Crippen LogP contribution in [0, 0.1) is 17.0 Å². The first-order chi connectivity index (χ1) is 9.56. The first-order valence-corrected chi connectivity index (χ1v) is 6.44. The molecule has 0 spiro atoms. The number of nitro groups is 1. The second-order valence-electron chi connectivity index (χ2n) is 4.40. The fourth-order valence-corrected chi connectivity index (χ4v) is 1.85. The quantitative estimate of drug-likeness (QED) is 0.483. The van der Waals surface area contributed by atoms with Crippen molar-refractivity contribution in [3.63, 3.8) is 0 Å². The molecule has 0 heterocycles. The van der Waals surface area contributed by atoms with Crippen molar-refractivity contribution < 1.29 is 4.92 Å². The van der Waals surface area contributed by atoms with Crippen LogP contribution < -0.4 is 0 Å². The van der Waals surface area contributed by atoms with E-state index in [0.29, 0.717) is 17.3 Å². The molecule has 20 heavy (non-hydrogen) atoms. The van der Waals surface area contributed by atoms with Crippen molar-refractivity contribution in [1.29, 1.82) is 0 Å². The SMILES string of the molecule is Cc1ccc(CN=C(Cl)c2ccc([N+](=O)[O-])cc2)cc1. The van der Waals surface area contributed by atoms with Gasteiger partial charge in [-0.05, 0) is 24.6 Å². The summed E-state index contributed by atoms with van der Waals surface area (Å²) in [7, 11) is 0. The molecular formula is C15H13ClN2O2. The summed E-state index contributed by atoms with van der Waals surface area (Å²) in [6, 6.07) is 14.1. The van der Waals surface area contributed by atoms with Crippen molar-refractivity contribution in [2.75, 3.05) is 0 Å². The monoisotopic (exact) mass is 288 g/mol. The third kappa shape index (κ3) is 3.65. The van der Waals surface area contributed by atoms with Gasteiger partial charge in [-0.15, -0.1) is 0 Å². The summed E-state index contributed by atoms with van der Waals surface area (Å²) < 4.78 is 0. The molecule has 5 heteroatoms. The summed E-state index contributed by atoms with van der Waals surface area (Å²) in [5.41, 5.74) is 2.97. The van der Waals surface area contributed by atoms with Gasteiger partial charge in [0.25, 0.3) is 5.69 Å². The molecular weight excluding hydrogens is 276 g/mol. The lowest BCUT2D eigenvalue weighted by Gasteiger charge is -2.01. The number of nitrogens with zero attached hydrogens (tertiary/aromatic N) is 2. The maximum atomic E-state index is 10.6. The molecule has 0 aliphatic heterocycles. The third-order valence-electron chi connectivity index (χ3n) is 2.84. The molecule has 0 atom stereocenters. The standard InChI is InChI=1S/C15H13ClN2O2/c1-11-2-4-12(5-3-11)10-17-15(16)13-6-8-14(9-7-13)18(19)20/h2-9H,10H2,1H3. The molecule has 0 aliphatic rings. The Kier molecular flexibility index (Phi) is 4.48. The molecule has 0 amide bonds. The van der Waals surface area contributed by atoms with Gasteiger partial charge in [-0.2, -0.15) is 0 Å². The van der Waals surface area contributed by atoms with Crippen molar-refractivity contribution in [3.05, 3.63) is 75.3 Å². The van der Waals surface area contributed by atoms with Crippen LogP contribution in [0.15, 0.2) is 53.5 Å². The zero-order valence-electron chi connectivity index (χ0n) is 10.9. The zero-order valence-corrected chi connectivity index (χ0v) is 11.7. The number of rotatable bonds is 4. The molecule has 0 unspecified atom stereocenters. The molecule has 0 aromatic heterocycles. The number of halogens is 1. The summed E-state index contributed by atoms with van der Waals surface area (Å²) in [5.74, 6) is 0. The number of benzene rings is 2. The highest BCUT2D eigenvalue weighted by atomic mass is 35.5. The van der Waals surface area contributed by atoms with E-state index in [4.69, 9.17) is 11.6 Å². The second-order valence-corrected chi connectivity index (χ2v) is 4.75. The Bertz CT molecular complexity index is 634. The molecule has 0 aliphatic carbocycles. The Morgan fingerprint density at radius 1 is 1.15 bits per heavy atom. The lowest BCUT2D eigenvalue weighted by Crippen LogP contribution is -1.94. The fraction of sp³-hybridized carbons (Fsp3) is 0.133. The maximum absolute atomic E-state index is 10.6. The summed E-state index contributed by atoms with van der Waals surface area (Å²) in [6.45, 7) is 2.51. The van der Waals surface area contributed by atoms with E-state index < -0.39 is 4.92 Å². The number of non-ortho nitro benzene ring substituents is 1. The van der Waals surface area contributed by atoms with Gasteiger partial charge in [-0.3, -0.25) is 15.1 Å². The Hall–Kier alpha value is -2.20. The van der Waals surface area contributed by atoms with Gasteiger partial charge < -0.3 is 0 Å². The molecule has 0 fully saturated rings. The van der Waals surface area contributed by atoms with Crippen molar-refractivity contribution >= 4 is 22.5 Å². The molecule has 4 nitrogen and oxygen atoms in total. The predicted molar refractivity (Wildman–Crippen MR) is 80.4 cm³/mol. The molecule has 0 saturated heterocycles. The summed E-state index contributed by atoms with van der Waals surface area (Å²) in [6.07, 6.45) is 0. The second kappa shape index (κ2) is 6.30. The third-order valence-corrected chi connectivity index (χ3v) is 3.18. The molecule has 2 rings (SSSR count). The van der Waals surface area contributed by atoms with E-state index in [1.807, 2.05) is 31.2 Å².